The van der Waals surface area contributed by atoms with Crippen molar-refractivity contribution < 1.29 is 19.4 Å². The molecule has 1 amide bonds. The number of hydrogen-bond donors (Lipinski definition) is 2. The van der Waals surface area contributed by atoms with Crippen LogP contribution in [0, 0.1) is 5.92 Å². The SMILES string of the molecule is O=C(O)CC(NC(=O)C1CCOCC1)c1cccs1. The minimum atomic E-state index is -0.911. The van der Waals surface area contributed by atoms with Crippen molar-refractivity contribution in [1.82, 2.24) is 5.32 Å². The number of hydrogen-bond acceptors (Lipinski definition) is 4. The summed E-state index contributed by atoms with van der Waals surface area (Å²) in [6.45, 7) is 1.20. The number of aliphatic carboxylic acids is 1. The van der Waals surface area contributed by atoms with Gasteiger partial charge in [0, 0.05) is 24.0 Å². The van der Waals surface area contributed by atoms with Crippen LogP contribution < -0.4 is 5.32 Å². The Balaban J connectivity index is 1.99. The highest BCUT2D eigenvalue weighted by Gasteiger charge is 2.25. The van der Waals surface area contributed by atoms with Gasteiger partial charge in [0.2, 0.25) is 5.91 Å². The second-order valence-electron chi connectivity index (χ2n) is 4.56. The fourth-order valence-corrected chi connectivity index (χ4v) is 2.91. The maximum Gasteiger partial charge on any atom is 0.305 e. The minimum Gasteiger partial charge on any atom is -0.481 e. The van der Waals surface area contributed by atoms with Gasteiger partial charge in [0.1, 0.15) is 0 Å². The Morgan fingerprint density at radius 1 is 1.47 bits per heavy atom. The van der Waals surface area contributed by atoms with Crippen LogP contribution in [0.5, 0.6) is 0 Å². The summed E-state index contributed by atoms with van der Waals surface area (Å²) in [7, 11) is 0. The molecule has 19 heavy (non-hydrogen) atoms. The standard InChI is InChI=1S/C13H17NO4S/c15-12(16)8-10(11-2-1-7-19-11)14-13(17)9-3-5-18-6-4-9/h1-2,7,9-10H,3-6,8H2,(H,14,17)(H,15,16). The Hall–Kier alpha value is -1.40. The lowest BCUT2D eigenvalue weighted by molar-refractivity contribution is -0.138. The third-order valence-corrected chi connectivity index (χ3v) is 4.16. The van der Waals surface area contributed by atoms with Gasteiger partial charge >= 0.3 is 5.97 Å². The van der Waals surface area contributed by atoms with E-state index < -0.39 is 12.0 Å². The van der Waals surface area contributed by atoms with Gasteiger partial charge in [-0.2, -0.15) is 0 Å². The second kappa shape index (κ2) is 6.68. The predicted molar refractivity (Wildman–Crippen MR) is 71.0 cm³/mol. The van der Waals surface area contributed by atoms with Crippen LogP contribution in [0.2, 0.25) is 0 Å². The molecule has 2 heterocycles. The topological polar surface area (TPSA) is 75.6 Å². The molecule has 0 aromatic carbocycles. The summed E-state index contributed by atoms with van der Waals surface area (Å²) in [5.74, 6) is -1.04. The van der Waals surface area contributed by atoms with E-state index in [1.807, 2.05) is 17.5 Å². The second-order valence-corrected chi connectivity index (χ2v) is 5.54. The number of amides is 1. The van der Waals surface area contributed by atoms with Crippen molar-refractivity contribution in [3.8, 4) is 0 Å². The van der Waals surface area contributed by atoms with E-state index in [1.54, 1.807) is 0 Å². The van der Waals surface area contributed by atoms with E-state index in [0.29, 0.717) is 26.1 Å². The molecule has 1 atom stereocenters. The number of carboxylic acids is 1. The van der Waals surface area contributed by atoms with Crippen LogP contribution in [0.1, 0.15) is 30.2 Å². The van der Waals surface area contributed by atoms with Crippen LogP contribution in [0.4, 0.5) is 0 Å². The first-order valence-electron chi connectivity index (χ1n) is 6.30. The normalized spacial score (nSPS) is 17.9. The Morgan fingerprint density at radius 2 is 2.21 bits per heavy atom. The van der Waals surface area contributed by atoms with Crippen molar-refractivity contribution in [1.29, 1.82) is 0 Å². The van der Waals surface area contributed by atoms with Crippen LogP contribution in [0.15, 0.2) is 17.5 Å². The van der Waals surface area contributed by atoms with Crippen molar-refractivity contribution in [2.75, 3.05) is 13.2 Å². The Kier molecular flexibility index (Phi) is 4.93. The average molecular weight is 283 g/mol. The number of rotatable bonds is 5. The number of carbonyl (C=O) groups excluding carboxylic acids is 1. The Morgan fingerprint density at radius 3 is 2.79 bits per heavy atom. The summed E-state index contributed by atoms with van der Waals surface area (Å²) < 4.78 is 5.22. The summed E-state index contributed by atoms with van der Waals surface area (Å²) in [4.78, 5) is 23.9. The van der Waals surface area contributed by atoms with Crippen LogP contribution in [0.25, 0.3) is 0 Å². The highest BCUT2D eigenvalue weighted by molar-refractivity contribution is 7.10. The van der Waals surface area contributed by atoms with Gasteiger partial charge in [-0.15, -0.1) is 11.3 Å². The van der Waals surface area contributed by atoms with Crippen LogP contribution >= 0.6 is 11.3 Å². The van der Waals surface area contributed by atoms with Gasteiger partial charge < -0.3 is 15.2 Å². The van der Waals surface area contributed by atoms with Gasteiger partial charge in [-0.05, 0) is 24.3 Å². The molecule has 104 valence electrons. The smallest absolute Gasteiger partial charge is 0.305 e. The summed E-state index contributed by atoms with van der Waals surface area (Å²) in [6.07, 6.45) is 1.32. The van der Waals surface area contributed by atoms with Gasteiger partial charge in [-0.1, -0.05) is 6.07 Å². The van der Waals surface area contributed by atoms with Crippen molar-refractivity contribution >= 4 is 23.2 Å². The third kappa shape index (κ3) is 4.04. The zero-order valence-corrected chi connectivity index (χ0v) is 11.3. The molecule has 1 fully saturated rings. The van der Waals surface area contributed by atoms with Gasteiger partial charge in [-0.3, -0.25) is 9.59 Å². The van der Waals surface area contributed by atoms with E-state index >= 15 is 0 Å². The molecular formula is C13H17NO4S. The highest BCUT2D eigenvalue weighted by atomic mass is 32.1. The minimum absolute atomic E-state index is 0.0648. The quantitative estimate of drug-likeness (QED) is 0.864. The molecule has 1 aromatic heterocycles. The molecule has 0 radical (unpaired) electrons. The number of thiophene rings is 1. The molecule has 2 rings (SSSR count). The van der Waals surface area contributed by atoms with E-state index in [-0.39, 0.29) is 18.2 Å². The zero-order valence-electron chi connectivity index (χ0n) is 10.5. The maximum absolute atomic E-state index is 12.1. The first-order chi connectivity index (χ1) is 9.16. The van der Waals surface area contributed by atoms with E-state index in [4.69, 9.17) is 9.84 Å². The number of nitrogens with one attached hydrogen (secondary N) is 1. The number of ether oxygens (including phenoxy) is 1. The van der Waals surface area contributed by atoms with E-state index in [1.165, 1.54) is 11.3 Å². The molecule has 5 nitrogen and oxygen atoms in total. The summed E-state index contributed by atoms with van der Waals surface area (Å²) >= 11 is 1.46. The van der Waals surface area contributed by atoms with Crippen molar-refractivity contribution in [2.45, 2.75) is 25.3 Å². The monoisotopic (exact) mass is 283 g/mol. The molecular weight excluding hydrogens is 266 g/mol. The Labute approximate surface area is 115 Å². The number of carboxylic acid groups (broad SMARTS) is 1. The molecule has 1 saturated heterocycles. The summed E-state index contributed by atoms with van der Waals surface area (Å²) in [5.41, 5.74) is 0. The third-order valence-electron chi connectivity index (χ3n) is 3.17. The molecule has 1 aliphatic rings. The molecule has 1 unspecified atom stereocenters. The summed E-state index contributed by atoms with van der Waals surface area (Å²) in [5, 5.41) is 13.7. The summed E-state index contributed by atoms with van der Waals surface area (Å²) in [6, 6.07) is 3.27. The molecule has 0 aliphatic carbocycles. The van der Waals surface area contributed by atoms with Crippen LogP contribution in [-0.2, 0) is 14.3 Å². The van der Waals surface area contributed by atoms with Gasteiger partial charge in [-0.25, -0.2) is 0 Å². The first-order valence-corrected chi connectivity index (χ1v) is 7.18. The molecule has 0 saturated carbocycles. The number of carbonyl (C=O) groups is 2. The lowest BCUT2D eigenvalue weighted by Gasteiger charge is -2.24. The first kappa shape index (κ1) is 14.0. The van der Waals surface area contributed by atoms with E-state index in [9.17, 15) is 9.59 Å². The van der Waals surface area contributed by atoms with E-state index in [0.717, 1.165) is 4.88 Å². The molecule has 6 heteroatoms. The predicted octanol–water partition coefficient (Wildman–Crippen LogP) is 1.81. The average Bonchev–Trinajstić information content (AvgIpc) is 2.92. The van der Waals surface area contributed by atoms with Crippen molar-refractivity contribution in [2.24, 2.45) is 5.92 Å². The molecule has 1 aliphatic heterocycles. The molecule has 1 aromatic rings. The Bertz CT molecular complexity index is 426. The molecule has 2 N–H and O–H groups in total. The molecule has 0 bridgehead atoms. The maximum atomic E-state index is 12.1. The van der Waals surface area contributed by atoms with E-state index in [2.05, 4.69) is 5.32 Å². The van der Waals surface area contributed by atoms with Gasteiger partial charge in [0.05, 0.1) is 12.5 Å². The zero-order chi connectivity index (χ0) is 13.7. The lowest BCUT2D eigenvalue weighted by Crippen LogP contribution is -2.37. The van der Waals surface area contributed by atoms with Crippen molar-refractivity contribution in [3.05, 3.63) is 22.4 Å². The van der Waals surface area contributed by atoms with Gasteiger partial charge in [0.15, 0.2) is 0 Å². The van der Waals surface area contributed by atoms with Crippen LogP contribution in [0.3, 0.4) is 0 Å². The molecule has 0 spiro atoms. The highest BCUT2D eigenvalue weighted by Crippen LogP contribution is 2.24. The van der Waals surface area contributed by atoms with Crippen LogP contribution in [-0.4, -0.2) is 30.2 Å². The van der Waals surface area contributed by atoms with Crippen molar-refractivity contribution in [3.63, 3.8) is 0 Å². The van der Waals surface area contributed by atoms with Gasteiger partial charge in [0.25, 0.3) is 0 Å². The fraction of sp³-hybridized carbons (Fsp3) is 0.538. The lowest BCUT2D eigenvalue weighted by atomic mass is 9.98. The fourth-order valence-electron chi connectivity index (χ4n) is 2.14. The largest absolute Gasteiger partial charge is 0.481 e.